The van der Waals surface area contributed by atoms with Crippen LogP contribution in [0.4, 0.5) is 0 Å². The van der Waals surface area contributed by atoms with Gasteiger partial charge in [-0.2, -0.15) is 0 Å². The Hall–Kier alpha value is -1.85. The molecule has 3 heterocycles. The quantitative estimate of drug-likeness (QED) is 0.891. The topological polar surface area (TPSA) is 75.4 Å². The molecule has 21 heavy (non-hydrogen) atoms. The standard InChI is InChI=1S/C15H21N3O3/c1-3-11-13(10(2)21-17-11)14(20)18-6-4-15(5-7-18)8-12(19)16-9-15/h3-9H2,1-2H3,(H,16,19). The Morgan fingerprint density at radius 1 is 1.43 bits per heavy atom. The summed E-state index contributed by atoms with van der Waals surface area (Å²) >= 11 is 0. The average molecular weight is 291 g/mol. The number of amides is 2. The van der Waals surface area contributed by atoms with Crippen molar-refractivity contribution >= 4 is 11.8 Å². The van der Waals surface area contributed by atoms with E-state index in [4.69, 9.17) is 4.52 Å². The number of carbonyl (C=O) groups is 2. The Balaban J connectivity index is 1.71. The third kappa shape index (κ3) is 2.43. The second kappa shape index (κ2) is 5.16. The summed E-state index contributed by atoms with van der Waals surface area (Å²) in [6.45, 7) is 5.89. The van der Waals surface area contributed by atoms with Crippen LogP contribution >= 0.6 is 0 Å². The second-order valence-electron chi connectivity index (χ2n) is 6.16. The van der Waals surface area contributed by atoms with E-state index >= 15 is 0 Å². The maximum absolute atomic E-state index is 12.7. The van der Waals surface area contributed by atoms with Crippen LogP contribution in [0.15, 0.2) is 4.52 Å². The molecule has 0 radical (unpaired) electrons. The van der Waals surface area contributed by atoms with E-state index in [1.54, 1.807) is 6.92 Å². The zero-order chi connectivity index (χ0) is 15.0. The molecule has 3 rings (SSSR count). The molecule has 0 aromatic carbocycles. The summed E-state index contributed by atoms with van der Waals surface area (Å²) in [6, 6.07) is 0. The van der Waals surface area contributed by atoms with Crippen LogP contribution in [-0.4, -0.2) is 41.5 Å². The lowest BCUT2D eigenvalue weighted by Crippen LogP contribution is -2.44. The van der Waals surface area contributed by atoms with Crippen molar-refractivity contribution in [2.75, 3.05) is 19.6 Å². The van der Waals surface area contributed by atoms with Gasteiger partial charge in [0.2, 0.25) is 5.91 Å². The van der Waals surface area contributed by atoms with E-state index in [2.05, 4.69) is 10.5 Å². The van der Waals surface area contributed by atoms with E-state index < -0.39 is 0 Å². The molecule has 2 aliphatic heterocycles. The van der Waals surface area contributed by atoms with Crippen LogP contribution in [0.2, 0.25) is 0 Å². The molecular weight excluding hydrogens is 270 g/mol. The van der Waals surface area contributed by atoms with Crippen LogP contribution in [0.3, 0.4) is 0 Å². The molecular formula is C15H21N3O3. The SMILES string of the molecule is CCc1noc(C)c1C(=O)N1CCC2(CC1)CNC(=O)C2. The summed E-state index contributed by atoms with van der Waals surface area (Å²) in [5.41, 5.74) is 1.41. The van der Waals surface area contributed by atoms with E-state index in [1.165, 1.54) is 0 Å². The van der Waals surface area contributed by atoms with E-state index in [-0.39, 0.29) is 17.2 Å². The molecule has 0 saturated carbocycles. The van der Waals surface area contributed by atoms with Crippen LogP contribution in [0.25, 0.3) is 0 Å². The molecule has 2 saturated heterocycles. The van der Waals surface area contributed by atoms with Gasteiger partial charge < -0.3 is 14.7 Å². The number of hydrogen-bond acceptors (Lipinski definition) is 4. The highest BCUT2D eigenvalue weighted by atomic mass is 16.5. The molecule has 2 amide bonds. The van der Waals surface area contributed by atoms with Gasteiger partial charge in [-0.1, -0.05) is 12.1 Å². The van der Waals surface area contributed by atoms with E-state index in [0.29, 0.717) is 37.3 Å². The molecule has 6 nitrogen and oxygen atoms in total. The summed E-state index contributed by atoms with van der Waals surface area (Å²) in [6.07, 6.45) is 3.04. The van der Waals surface area contributed by atoms with Gasteiger partial charge in [0.1, 0.15) is 11.3 Å². The van der Waals surface area contributed by atoms with Crippen LogP contribution in [0.1, 0.15) is 48.0 Å². The van der Waals surface area contributed by atoms with E-state index in [0.717, 1.165) is 25.1 Å². The highest BCUT2D eigenvalue weighted by Gasteiger charge is 2.42. The summed E-state index contributed by atoms with van der Waals surface area (Å²) in [5, 5.41) is 6.87. The van der Waals surface area contributed by atoms with E-state index in [9.17, 15) is 9.59 Å². The summed E-state index contributed by atoms with van der Waals surface area (Å²) in [4.78, 5) is 26.0. The zero-order valence-corrected chi connectivity index (χ0v) is 12.6. The van der Waals surface area contributed by atoms with Crippen molar-refractivity contribution in [2.24, 2.45) is 5.41 Å². The van der Waals surface area contributed by atoms with Crippen LogP contribution in [0, 0.1) is 12.3 Å². The predicted octanol–water partition coefficient (Wildman–Crippen LogP) is 1.29. The summed E-state index contributed by atoms with van der Waals surface area (Å²) in [5.74, 6) is 0.741. The molecule has 0 unspecified atom stereocenters. The molecule has 6 heteroatoms. The van der Waals surface area contributed by atoms with Crippen molar-refractivity contribution in [2.45, 2.75) is 39.5 Å². The first-order valence-corrected chi connectivity index (χ1v) is 7.56. The highest BCUT2D eigenvalue weighted by Crippen LogP contribution is 2.37. The maximum Gasteiger partial charge on any atom is 0.259 e. The molecule has 1 aromatic rings. The van der Waals surface area contributed by atoms with Crippen LogP contribution in [0.5, 0.6) is 0 Å². The van der Waals surface area contributed by atoms with Gasteiger partial charge in [0.15, 0.2) is 0 Å². The number of aromatic nitrogens is 1. The largest absolute Gasteiger partial charge is 0.361 e. The minimum absolute atomic E-state index is 0.0118. The van der Waals surface area contributed by atoms with Crippen molar-refractivity contribution in [3.63, 3.8) is 0 Å². The number of nitrogens with zero attached hydrogens (tertiary/aromatic N) is 2. The monoisotopic (exact) mass is 291 g/mol. The molecule has 1 N–H and O–H groups in total. The molecule has 2 fully saturated rings. The van der Waals surface area contributed by atoms with Crippen molar-refractivity contribution in [1.29, 1.82) is 0 Å². The smallest absolute Gasteiger partial charge is 0.259 e. The van der Waals surface area contributed by atoms with Crippen molar-refractivity contribution in [3.8, 4) is 0 Å². The second-order valence-corrected chi connectivity index (χ2v) is 6.16. The number of hydrogen-bond donors (Lipinski definition) is 1. The maximum atomic E-state index is 12.7. The first-order valence-electron chi connectivity index (χ1n) is 7.56. The van der Waals surface area contributed by atoms with Crippen molar-refractivity contribution in [1.82, 2.24) is 15.4 Å². The minimum atomic E-state index is 0.0118. The number of likely N-dealkylation sites (tertiary alicyclic amines) is 1. The fourth-order valence-corrected chi connectivity index (χ4v) is 3.38. The van der Waals surface area contributed by atoms with Gasteiger partial charge in [-0.3, -0.25) is 9.59 Å². The van der Waals surface area contributed by atoms with Gasteiger partial charge in [0.05, 0.1) is 5.69 Å². The Morgan fingerprint density at radius 2 is 2.14 bits per heavy atom. The molecule has 0 aliphatic carbocycles. The normalized spacial score (nSPS) is 20.9. The average Bonchev–Trinajstić information content (AvgIpc) is 3.02. The molecule has 2 aliphatic rings. The number of nitrogens with one attached hydrogen (secondary N) is 1. The number of piperidine rings is 1. The van der Waals surface area contributed by atoms with Gasteiger partial charge in [-0.15, -0.1) is 0 Å². The Kier molecular flexibility index (Phi) is 3.47. The van der Waals surface area contributed by atoms with Gasteiger partial charge in [0.25, 0.3) is 5.91 Å². The molecule has 0 atom stereocenters. The first-order chi connectivity index (χ1) is 10.0. The van der Waals surface area contributed by atoms with Crippen LogP contribution < -0.4 is 5.32 Å². The number of carbonyl (C=O) groups excluding carboxylic acids is 2. The Morgan fingerprint density at radius 3 is 2.71 bits per heavy atom. The third-order valence-electron chi connectivity index (χ3n) is 4.79. The summed E-state index contributed by atoms with van der Waals surface area (Å²) < 4.78 is 5.15. The fourth-order valence-electron chi connectivity index (χ4n) is 3.38. The molecule has 114 valence electrons. The lowest BCUT2D eigenvalue weighted by atomic mass is 9.77. The van der Waals surface area contributed by atoms with Crippen LogP contribution in [-0.2, 0) is 11.2 Å². The lowest BCUT2D eigenvalue weighted by molar-refractivity contribution is -0.119. The van der Waals surface area contributed by atoms with Gasteiger partial charge >= 0.3 is 0 Å². The molecule has 1 aromatic heterocycles. The zero-order valence-electron chi connectivity index (χ0n) is 12.6. The van der Waals surface area contributed by atoms with Gasteiger partial charge in [-0.05, 0) is 31.6 Å². The Labute approximate surface area is 123 Å². The lowest BCUT2D eigenvalue weighted by Gasteiger charge is -2.38. The number of rotatable bonds is 2. The third-order valence-corrected chi connectivity index (χ3v) is 4.79. The highest BCUT2D eigenvalue weighted by molar-refractivity contribution is 5.96. The van der Waals surface area contributed by atoms with Crippen molar-refractivity contribution in [3.05, 3.63) is 17.0 Å². The minimum Gasteiger partial charge on any atom is -0.361 e. The van der Waals surface area contributed by atoms with Gasteiger partial charge in [0, 0.05) is 26.1 Å². The molecule has 1 spiro atoms. The predicted molar refractivity (Wildman–Crippen MR) is 75.8 cm³/mol. The van der Waals surface area contributed by atoms with Gasteiger partial charge in [-0.25, -0.2) is 0 Å². The Bertz CT molecular complexity index is 571. The summed E-state index contributed by atoms with van der Waals surface area (Å²) in [7, 11) is 0. The first kappa shape index (κ1) is 14.1. The fraction of sp³-hybridized carbons (Fsp3) is 0.667. The van der Waals surface area contributed by atoms with Crippen molar-refractivity contribution < 1.29 is 14.1 Å². The number of aryl methyl sites for hydroxylation is 2. The molecule has 0 bridgehead atoms. The van der Waals surface area contributed by atoms with E-state index in [1.807, 2.05) is 11.8 Å².